The summed E-state index contributed by atoms with van der Waals surface area (Å²) in [6.45, 7) is 10.2. The Labute approximate surface area is 326 Å². The molecule has 0 spiro atoms. The molecule has 294 valence electrons. The first-order valence-corrected chi connectivity index (χ1v) is 19.1. The van der Waals surface area contributed by atoms with Crippen LogP contribution in [0, 0.1) is 13.8 Å². The summed E-state index contributed by atoms with van der Waals surface area (Å²) in [4.78, 5) is 64.2. The van der Waals surface area contributed by atoms with Crippen LogP contribution >= 0.6 is 11.3 Å². The predicted molar refractivity (Wildman–Crippen MR) is 213 cm³/mol. The lowest BCUT2D eigenvalue weighted by Gasteiger charge is -2.14. The van der Waals surface area contributed by atoms with Gasteiger partial charge in [-0.2, -0.15) is 10.2 Å². The Morgan fingerprint density at radius 1 is 0.857 bits per heavy atom. The van der Waals surface area contributed by atoms with Gasteiger partial charge in [0.15, 0.2) is 5.78 Å². The highest BCUT2D eigenvalue weighted by atomic mass is 32.1. The van der Waals surface area contributed by atoms with Gasteiger partial charge in [-0.05, 0) is 78.5 Å². The van der Waals surface area contributed by atoms with Crippen molar-refractivity contribution in [1.82, 2.24) is 43.6 Å². The van der Waals surface area contributed by atoms with Crippen molar-refractivity contribution in [3.05, 3.63) is 81.5 Å². The largest absolute Gasteiger partial charge is 0.491 e. The summed E-state index contributed by atoms with van der Waals surface area (Å²) in [7, 11) is 3.96. The minimum atomic E-state index is -0.628. The zero-order valence-electron chi connectivity index (χ0n) is 32.3. The number of Topliss-reactive ketones (excluding diaryl/α,β-unsaturated/α-hetero) is 1. The Morgan fingerprint density at radius 3 is 2.16 bits per heavy atom. The molecule has 0 aliphatic heterocycles. The smallest absolute Gasteiger partial charge is 0.276 e. The van der Waals surface area contributed by atoms with Crippen LogP contribution in [-0.2, 0) is 32.6 Å². The van der Waals surface area contributed by atoms with Gasteiger partial charge in [-0.3, -0.25) is 38.4 Å². The molecular weight excluding hydrogens is 737 g/mol. The molecule has 0 unspecified atom stereocenters. The molecule has 1 aromatic carbocycles. The molecule has 0 saturated carbocycles. The maximum atomic E-state index is 13.8. The minimum Gasteiger partial charge on any atom is -0.491 e. The van der Waals surface area contributed by atoms with Gasteiger partial charge >= 0.3 is 0 Å². The van der Waals surface area contributed by atoms with Crippen molar-refractivity contribution in [2.75, 3.05) is 32.6 Å². The van der Waals surface area contributed by atoms with Gasteiger partial charge in [-0.25, -0.2) is 9.97 Å². The van der Waals surface area contributed by atoms with Crippen molar-refractivity contribution >= 4 is 62.2 Å². The van der Waals surface area contributed by atoms with Gasteiger partial charge in [0.25, 0.3) is 11.8 Å². The molecule has 0 radical (unpaired) electrons. The lowest BCUT2D eigenvalue weighted by molar-refractivity contribution is 0.0975. The highest BCUT2D eigenvalue weighted by Crippen LogP contribution is 2.31. The summed E-state index contributed by atoms with van der Waals surface area (Å²) in [6, 6.07) is 8.29. The molecule has 5 aromatic heterocycles. The summed E-state index contributed by atoms with van der Waals surface area (Å²) in [5.41, 5.74) is 15.4. The number of carbonyl (C=O) groups is 4. The number of benzene rings is 1. The molecule has 0 atom stereocenters. The summed E-state index contributed by atoms with van der Waals surface area (Å²) in [6.07, 6.45) is 4.48. The van der Waals surface area contributed by atoms with Crippen LogP contribution < -0.4 is 21.5 Å². The summed E-state index contributed by atoms with van der Waals surface area (Å²) < 4.78 is 13.2. The van der Waals surface area contributed by atoms with Crippen molar-refractivity contribution in [2.24, 2.45) is 11.5 Å². The molecule has 17 nitrogen and oxygen atoms in total. The fraction of sp³-hybridized carbons (Fsp3) is 0.368. The standard InChI is InChI=1S/C38H46N12O5S/c1-7-49-27(16-22(3)44-49)29(51)21-32-41-25-18-24(34(39)52)19-30(55-15-11-12-46(5)6)33(25)47(32)13-9-10-14-48-37-26(20-31(56-37)35(40)53)42-38(48)43-36(54)28-17-23(4)45-50(28)8-2/h9-10,16-20H,7-8,11-15,21H2,1-6H3,(H2,39,52)(H2,40,53)(H,42,43,54)/b10-9+. The summed E-state index contributed by atoms with van der Waals surface area (Å²) in [5.74, 6) is -0.582. The Balaban J connectivity index is 1.36. The van der Waals surface area contributed by atoms with Crippen LogP contribution in [0.3, 0.4) is 0 Å². The third-order valence-electron chi connectivity index (χ3n) is 9.05. The van der Waals surface area contributed by atoms with Crippen LogP contribution in [0.25, 0.3) is 21.4 Å². The summed E-state index contributed by atoms with van der Waals surface area (Å²) in [5, 5.41) is 11.8. The van der Waals surface area contributed by atoms with E-state index in [-0.39, 0.29) is 42.7 Å². The second-order valence-corrected chi connectivity index (χ2v) is 14.6. The lowest BCUT2D eigenvalue weighted by atomic mass is 10.1. The molecule has 6 aromatic rings. The highest BCUT2D eigenvalue weighted by Gasteiger charge is 2.23. The van der Waals surface area contributed by atoms with Crippen LogP contribution in [0.2, 0.25) is 0 Å². The second kappa shape index (κ2) is 16.7. The second-order valence-electron chi connectivity index (χ2n) is 13.6. The van der Waals surface area contributed by atoms with Crippen LogP contribution in [0.15, 0.2) is 42.5 Å². The number of primary amides is 2. The lowest BCUT2D eigenvalue weighted by Crippen LogP contribution is -2.20. The summed E-state index contributed by atoms with van der Waals surface area (Å²) >= 11 is 1.18. The number of anilines is 1. The predicted octanol–water partition coefficient (Wildman–Crippen LogP) is 3.96. The van der Waals surface area contributed by atoms with Gasteiger partial charge in [-0.15, -0.1) is 11.3 Å². The van der Waals surface area contributed by atoms with E-state index < -0.39 is 11.8 Å². The molecule has 0 bridgehead atoms. The monoisotopic (exact) mass is 782 g/mol. The van der Waals surface area contributed by atoms with Gasteiger partial charge in [-0.1, -0.05) is 12.2 Å². The number of aromatic nitrogens is 8. The quantitative estimate of drug-likeness (QED) is 0.0648. The van der Waals surface area contributed by atoms with Crippen LogP contribution in [-0.4, -0.2) is 94.3 Å². The van der Waals surface area contributed by atoms with Crippen molar-refractivity contribution in [1.29, 1.82) is 0 Å². The minimum absolute atomic E-state index is 0.0448. The number of amides is 3. The van der Waals surface area contributed by atoms with Gasteiger partial charge < -0.3 is 25.7 Å². The molecule has 0 saturated heterocycles. The number of nitrogens with one attached hydrogen (secondary N) is 1. The van der Waals surface area contributed by atoms with Gasteiger partial charge in [0.2, 0.25) is 11.9 Å². The van der Waals surface area contributed by atoms with E-state index in [4.69, 9.17) is 21.2 Å². The molecule has 6 rings (SSSR count). The third-order valence-corrected chi connectivity index (χ3v) is 10.2. The molecular formula is C38H46N12O5S. The number of imidazole rings is 2. The highest BCUT2D eigenvalue weighted by molar-refractivity contribution is 7.20. The van der Waals surface area contributed by atoms with E-state index in [9.17, 15) is 19.2 Å². The number of fused-ring (bicyclic) bond motifs is 2. The molecule has 56 heavy (non-hydrogen) atoms. The first-order valence-electron chi connectivity index (χ1n) is 18.3. The Kier molecular flexibility index (Phi) is 11.8. The van der Waals surface area contributed by atoms with E-state index in [0.717, 1.165) is 18.7 Å². The third kappa shape index (κ3) is 8.40. The number of rotatable bonds is 18. The first-order chi connectivity index (χ1) is 26.8. The average molecular weight is 783 g/mol. The normalized spacial score (nSPS) is 11.8. The number of hydrogen-bond acceptors (Lipinski definition) is 11. The van der Waals surface area contributed by atoms with Crippen molar-refractivity contribution in [3.8, 4) is 5.75 Å². The first kappa shape index (κ1) is 39.6. The molecule has 0 fully saturated rings. The van der Waals surface area contributed by atoms with Gasteiger partial charge in [0.1, 0.15) is 38.8 Å². The Morgan fingerprint density at radius 2 is 1.52 bits per heavy atom. The number of thiophene rings is 1. The van der Waals surface area contributed by atoms with E-state index in [0.29, 0.717) is 74.6 Å². The van der Waals surface area contributed by atoms with Gasteiger partial charge in [0.05, 0.1) is 34.8 Å². The number of nitrogens with zero attached hydrogens (tertiary/aromatic N) is 9. The van der Waals surface area contributed by atoms with E-state index in [1.165, 1.54) is 11.3 Å². The number of ketones is 1. The van der Waals surface area contributed by atoms with Crippen molar-refractivity contribution in [2.45, 2.75) is 66.7 Å². The van der Waals surface area contributed by atoms with Crippen molar-refractivity contribution in [3.63, 3.8) is 0 Å². The molecule has 3 amide bonds. The zero-order valence-corrected chi connectivity index (χ0v) is 33.1. The topological polar surface area (TPSA) is 216 Å². The molecule has 0 aliphatic carbocycles. The molecule has 5 heterocycles. The number of hydrogen-bond donors (Lipinski definition) is 3. The number of nitrogens with two attached hydrogens (primary N) is 2. The molecule has 0 aliphatic rings. The van der Waals surface area contributed by atoms with Crippen LogP contribution in [0.5, 0.6) is 5.75 Å². The van der Waals surface area contributed by atoms with Crippen LogP contribution in [0.1, 0.15) is 78.5 Å². The number of allylic oxidation sites excluding steroid dienone is 2. The van der Waals surface area contributed by atoms with Crippen molar-refractivity contribution < 1.29 is 23.9 Å². The average Bonchev–Trinajstić information content (AvgIpc) is 3.96. The molecule has 18 heteroatoms. The fourth-order valence-electron chi connectivity index (χ4n) is 6.47. The van der Waals surface area contributed by atoms with E-state index in [2.05, 4.69) is 25.4 Å². The Bertz CT molecular complexity index is 2480. The number of aryl methyl sites for hydroxylation is 4. The number of carbonyl (C=O) groups excluding carboxylic acids is 4. The number of ether oxygens (including phenoxy) is 1. The van der Waals surface area contributed by atoms with E-state index in [1.807, 2.05) is 58.5 Å². The maximum Gasteiger partial charge on any atom is 0.276 e. The van der Waals surface area contributed by atoms with E-state index >= 15 is 0 Å². The molecule has 5 N–H and O–H groups in total. The fourth-order valence-corrected chi connectivity index (χ4v) is 7.43. The van der Waals surface area contributed by atoms with Crippen LogP contribution in [0.4, 0.5) is 5.95 Å². The van der Waals surface area contributed by atoms with E-state index in [1.54, 1.807) is 44.3 Å². The Hall–Kier alpha value is -6.14. The SMILES string of the molecule is CCn1nc(C)cc1C(=O)Cc1nc2cc(C(N)=O)cc(OCCCN(C)C)c2n1C/C=C/Cn1c(NC(=O)c2cc(C)nn2CC)nc2cc(C(N)=O)sc21. The zero-order chi connectivity index (χ0) is 40.3. The maximum absolute atomic E-state index is 13.8. The van der Waals surface area contributed by atoms with Gasteiger partial charge in [0, 0.05) is 38.3 Å².